The number of nitrogen functional groups attached to an aromatic ring is 1. The summed E-state index contributed by atoms with van der Waals surface area (Å²) in [5.74, 6) is 0.635. The molecule has 1 saturated carbocycles. The van der Waals surface area contributed by atoms with Crippen LogP contribution in [0.15, 0.2) is 23.3 Å². The SMILES string of the molecule is [N-]=[N+]=Nc1ccc(C2CCCCC2)cc1N. The second kappa shape index (κ2) is 4.90. The lowest BCUT2D eigenvalue weighted by Crippen LogP contribution is -2.04. The molecule has 16 heavy (non-hydrogen) atoms. The Labute approximate surface area is 95.1 Å². The van der Waals surface area contributed by atoms with Crippen molar-refractivity contribution in [2.24, 2.45) is 5.11 Å². The molecule has 1 aromatic rings. The Morgan fingerprint density at radius 1 is 1.25 bits per heavy atom. The van der Waals surface area contributed by atoms with E-state index in [1.165, 1.54) is 37.7 Å². The maximum atomic E-state index is 8.36. The number of hydrogen-bond donors (Lipinski definition) is 1. The van der Waals surface area contributed by atoms with Crippen molar-refractivity contribution < 1.29 is 0 Å². The number of nitrogens with zero attached hydrogens (tertiary/aromatic N) is 3. The van der Waals surface area contributed by atoms with Crippen LogP contribution >= 0.6 is 0 Å². The monoisotopic (exact) mass is 216 g/mol. The van der Waals surface area contributed by atoms with Gasteiger partial charge in [-0.3, -0.25) is 0 Å². The van der Waals surface area contributed by atoms with Crippen molar-refractivity contribution in [3.8, 4) is 0 Å². The molecule has 1 fully saturated rings. The Morgan fingerprint density at radius 3 is 2.62 bits per heavy atom. The third kappa shape index (κ3) is 2.28. The van der Waals surface area contributed by atoms with Crippen LogP contribution in [0.25, 0.3) is 10.4 Å². The third-order valence-corrected chi connectivity index (χ3v) is 3.28. The van der Waals surface area contributed by atoms with Gasteiger partial charge in [0.15, 0.2) is 0 Å². The average molecular weight is 216 g/mol. The van der Waals surface area contributed by atoms with Crippen LogP contribution in [0.1, 0.15) is 43.6 Å². The second-order valence-corrected chi connectivity index (χ2v) is 4.34. The molecule has 0 bridgehead atoms. The van der Waals surface area contributed by atoms with Gasteiger partial charge >= 0.3 is 0 Å². The van der Waals surface area contributed by atoms with Gasteiger partial charge in [0.25, 0.3) is 0 Å². The normalized spacial score (nSPS) is 16.8. The predicted molar refractivity (Wildman–Crippen MR) is 65.5 cm³/mol. The van der Waals surface area contributed by atoms with Gasteiger partial charge in [-0.15, -0.1) is 0 Å². The molecule has 0 unspecified atom stereocenters. The fraction of sp³-hybridized carbons (Fsp3) is 0.500. The topological polar surface area (TPSA) is 74.8 Å². The highest BCUT2D eigenvalue weighted by molar-refractivity contribution is 5.63. The molecule has 0 spiro atoms. The van der Waals surface area contributed by atoms with Crippen LogP contribution in [0.2, 0.25) is 0 Å². The molecule has 0 aromatic heterocycles. The standard InChI is InChI=1S/C12H16N4/c13-11-8-10(6-7-12(11)15-16-14)9-4-2-1-3-5-9/h6-9H,1-5,13H2. The molecule has 1 aromatic carbocycles. The van der Waals surface area contributed by atoms with E-state index < -0.39 is 0 Å². The number of azide groups is 1. The minimum Gasteiger partial charge on any atom is -0.398 e. The maximum Gasteiger partial charge on any atom is 0.0605 e. The predicted octanol–water partition coefficient (Wildman–Crippen LogP) is 4.26. The average Bonchev–Trinajstić information content (AvgIpc) is 2.33. The van der Waals surface area contributed by atoms with Crippen molar-refractivity contribution in [2.45, 2.75) is 38.0 Å². The fourth-order valence-electron chi connectivity index (χ4n) is 2.40. The zero-order chi connectivity index (χ0) is 11.4. The minimum atomic E-state index is 0.530. The van der Waals surface area contributed by atoms with Crippen LogP contribution in [0.4, 0.5) is 11.4 Å². The van der Waals surface area contributed by atoms with Gasteiger partial charge in [0, 0.05) is 10.6 Å². The fourth-order valence-corrected chi connectivity index (χ4v) is 2.40. The van der Waals surface area contributed by atoms with Gasteiger partial charge in [-0.2, -0.15) is 0 Å². The quantitative estimate of drug-likeness (QED) is 0.341. The number of nitrogens with two attached hydrogens (primary N) is 1. The molecule has 0 atom stereocenters. The molecular formula is C12H16N4. The summed E-state index contributed by atoms with van der Waals surface area (Å²) >= 11 is 0. The molecule has 0 heterocycles. The summed E-state index contributed by atoms with van der Waals surface area (Å²) in [5.41, 5.74) is 16.6. The highest BCUT2D eigenvalue weighted by atomic mass is 15.1. The number of rotatable bonds is 2. The first-order valence-corrected chi connectivity index (χ1v) is 5.76. The van der Waals surface area contributed by atoms with E-state index in [1.54, 1.807) is 0 Å². The summed E-state index contributed by atoms with van der Waals surface area (Å²) in [7, 11) is 0. The van der Waals surface area contributed by atoms with E-state index in [9.17, 15) is 0 Å². The lowest BCUT2D eigenvalue weighted by molar-refractivity contribution is 0.444. The largest absolute Gasteiger partial charge is 0.398 e. The first-order chi connectivity index (χ1) is 7.81. The Morgan fingerprint density at radius 2 is 2.00 bits per heavy atom. The van der Waals surface area contributed by atoms with Gasteiger partial charge in [0.2, 0.25) is 0 Å². The first kappa shape index (κ1) is 10.8. The molecular weight excluding hydrogens is 200 g/mol. The van der Waals surface area contributed by atoms with Crippen LogP contribution in [-0.2, 0) is 0 Å². The van der Waals surface area contributed by atoms with Gasteiger partial charge in [0.05, 0.1) is 5.69 Å². The zero-order valence-electron chi connectivity index (χ0n) is 9.26. The molecule has 2 rings (SSSR count). The van der Waals surface area contributed by atoms with Gasteiger partial charge in [0.1, 0.15) is 0 Å². The highest BCUT2D eigenvalue weighted by Gasteiger charge is 2.15. The number of hydrogen-bond acceptors (Lipinski definition) is 2. The molecule has 1 aliphatic rings. The van der Waals surface area contributed by atoms with Crippen molar-refractivity contribution in [3.05, 3.63) is 34.2 Å². The molecule has 0 amide bonds. The molecule has 0 radical (unpaired) electrons. The van der Waals surface area contributed by atoms with Crippen molar-refractivity contribution in [3.63, 3.8) is 0 Å². The molecule has 1 aliphatic carbocycles. The summed E-state index contributed by atoms with van der Waals surface area (Å²) in [6, 6.07) is 5.81. The van der Waals surface area contributed by atoms with Crippen LogP contribution in [0, 0.1) is 0 Å². The van der Waals surface area contributed by atoms with E-state index in [0.29, 0.717) is 17.3 Å². The summed E-state index contributed by atoms with van der Waals surface area (Å²) in [6.07, 6.45) is 6.47. The molecule has 2 N–H and O–H groups in total. The van der Waals surface area contributed by atoms with E-state index >= 15 is 0 Å². The van der Waals surface area contributed by atoms with Crippen molar-refractivity contribution in [2.75, 3.05) is 5.73 Å². The zero-order valence-corrected chi connectivity index (χ0v) is 9.26. The van der Waals surface area contributed by atoms with E-state index in [4.69, 9.17) is 11.3 Å². The highest BCUT2D eigenvalue weighted by Crippen LogP contribution is 2.35. The molecule has 0 saturated heterocycles. The summed E-state index contributed by atoms with van der Waals surface area (Å²) < 4.78 is 0. The summed E-state index contributed by atoms with van der Waals surface area (Å²) in [6.45, 7) is 0. The van der Waals surface area contributed by atoms with Gasteiger partial charge in [-0.1, -0.05) is 36.5 Å². The van der Waals surface area contributed by atoms with E-state index in [-0.39, 0.29) is 0 Å². The Hall–Kier alpha value is -1.67. The van der Waals surface area contributed by atoms with Crippen molar-refractivity contribution >= 4 is 11.4 Å². The molecule has 84 valence electrons. The molecule has 4 nitrogen and oxygen atoms in total. The van der Waals surface area contributed by atoms with Crippen LogP contribution in [-0.4, -0.2) is 0 Å². The van der Waals surface area contributed by atoms with E-state index in [0.717, 1.165) is 0 Å². The second-order valence-electron chi connectivity index (χ2n) is 4.34. The van der Waals surface area contributed by atoms with Crippen molar-refractivity contribution in [1.29, 1.82) is 0 Å². The van der Waals surface area contributed by atoms with Crippen LogP contribution in [0.3, 0.4) is 0 Å². The minimum absolute atomic E-state index is 0.530. The third-order valence-electron chi connectivity index (χ3n) is 3.28. The molecule has 0 aliphatic heterocycles. The molecule has 4 heteroatoms. The van der Waals surface area contributed by atoms with Crippen LogP contribution in [0.5, 0.6) is 0 Å². The van der Waals surface area contributed by atoms with E-state index in [1.807, 2.05) is 18.2 Å². The smallest absolute Gasteiger partial charge is 0.0605 e. The Balaban J connectivity index is 2.22. The van der Waals surface area contributed by atoms with Crippen LogP contribution < -0.4 is 5.73 Å². The lowest BCUT2D eigenvalue weighted by atomic mass is 9.84. The Bertz CT molecular complexity index is 415. The maximum absolute atomic E-state index is 8.36. The van der Waals surface area contributed by atoms with Crippen molar-refractivity contribution in [1.82, 2.24) is 0 Å². The summed E-state index contributed by atoms with van der Waals surface area (Å²) in [5, 5.41) is 3.55. The first-order valence-electron chi connectivity index (χ1n) is 5.76. The van der Waals surface area contributed by atoms with Gasteiger partial charge in [-0.05, 0) is 35.9 Å². The van der Waals surface area contributed by atoms with E-state index in [2.05, 4.69) is 10.0 Å². The Kier molecular flexibility index (Phi) is 3.32. The number of anilines is 1. The number of benzene rings is 1. The van der Waals surface area contributed by atoms with Gasteiger partial charge in [-0.25, -0.2) is 0 Å². The van der Waals surface area contributed by atoms with Gasteiger partial charge < -0.3 is 5.73 Å². The lowest BCUT2D eigenvalue weighted by Gasteiger charge is -2.22. The summed E-state index contributed by atoms with van der Waals surface area (Å²) in [4.78, 5) is 2.75.